The molecule has 2 aromatic rings. The van der Waals surface area contributed by atoms with E-state index in [2.05, 4.69) is 10.2 Å². The Kier molecular flexibility index (Phi) is 4.49. The maximum atomic E-state index is 10.9. The average molecular weight is 311 g/mol. The first kappa shape index (κ1) is 14.6. The lowest BCUT2D eigenvalue weighted by Crippen LogP contribution is -1.96. The van der Waals surface area contributed by atoms with E-state index in [1.54, 1.807) is 12.1 Å². The first-order chi connectivity index (χ1) is 9.45. The van der Waals surface area contributed by atoms with E-state index < -0.39 is 10.1 Å². The highest BCUT2D eigenvalue weighted by molar-refractivity contribution is 7.85. The number of rotatable bonds is 4. The van der Waals surface area contributed by atoms with Crippen LogP contribution in [-0.4, -0.2) is 13.0 Å². The molecule has 7 heteroatoms. The van der Waals surface area contributed by atoms with Gasteiger partial charge < -0.3 is 0 Å². The second kappa shape index (κ2) is 6.13. The third kappa shape index (κ3) is 4.12. The monoisotopic (exact) mass is 310 g/mol. The maximum absolute atomic E-state index is 10.9. The molecule has 1 N–H and O–H groups in total. The minimum atomic E-state index is -4.17. The second-order valence-electron chi connectivity index (χ2n) is 3.99. The molecule has 0 saturated carbocycles. The molecule has 104 valence electrons. The lowest BCUT2D eigenvalue weighted by molar-refractivity contribution is 0.483. The van der Waals surface area contributed by atoms with Crippen LogP contribution >= 0.6 is 11.6 Å². The van der Waals surface area contributed by atoms with Crippen LogP contribution in [0.25, 0.3) is 0 Å². The quantitative estimate of drug-likeness (QED) is 0.687. The number of hydrogen-bond acceptors (Lipinski definition) is 4. The molecule has 0 aliphatic carbocycles. The molecule has 2 aromatic carbocycles. The van der Waals surface area contributed by atoms with Crippen LogP contribution in [0.3, 0.4) is 0 Å². The largest absolute Gasteiger partial charge is 0.294 e. The van der Waals surface area contributed by atoms with Gasteiger partial charge in [0.25, 0.3) is 10.1 Å². The third-order valence-corrected chi connectivity index (χ3v) is 3.61. The van der Waals surface area contributed by atoms with E-state index in [4.69, 9.17) is 16.2 Å². The van der Waals surface area contributed by atoms with Crippen molar-refractivity contribution in [3.8, 4) is 0 Å². The maximum Gasteiger partial charge on any atom is 0.294 e. The Morgan fingerprint density at radius 1 is 1.00 bits per heavy atom. The Balaban J connectivity index is 2.03. The number of nitrogens with zero attached hydrogens (tertiary/aromatic N) is 2. The van der Waals surface area contributed by atoms with E-state index in [1.807, 2.05) is 12.1 Å². The van der Waals surface area contributed by atoms with Crippen LogP contribution in [0.4, 0.5) is 5.69 Å². The molecule has 0 saturated heterocycles. The smallest absolute Gasteiger partial charge is 0.282 e. The summed E-state index contributed by atoms with van der Waals surface area (Å²) >= 11 is 5.77. The highest BCUT2D eigenvalue weighted by Crippen LogP contribution is 2.17. The van der Waals surface area contributed by atoms with Gasteiger partial charge in [0.05, 0.1) is 17.1 Å². The molecule has 0 aliphatic rings. The summed E-state index contributed by atoms with van der Waals surface area (Å²) in [7, 11) is -4.17. The van der Waals surface area contributed by atoms with Crippen LogP contribution in [0.15, 0.2) is 63.7 Å². The molecule has 0 amide bonds. The summed E-state index contributed by atoms with van der Waals surface area (Å²) in [6, 6.07) is 12.7. The van der Waals surface area contributed by atoms with Gasteiger partial charge in [0.2, 0.25) is 0 Å². The van der Waals surface area contributed by atoms with E-state index in [0.29, 0.717) is 17.3 Å². The summed E-state index contributed by atoms with van der Waals surface area (Å²) in [5, 5.41) is 8.62. The first-order valence-corrected chi connectivity index (χ1v) is 7.46. The molecular formula is C13H11ClN2O3S. The van der Waals surface area contributed by atoms with E-state index in [1.165, 1.54) is 24.3 Å². The van der Waals surface area contributed by atoms with Crippen molar-refractivity contribution in [2.24, 2.45) is 10.2 Å². The molecule has 0 aliphatic heterocycles. The Morgan fingerprint density at radius 2 is 1.60 bits per heavy atom. The van der Waals surface area contributed by atoms with Crippen molar-refractivity contribution in [1.29, 1.82) is 0 Å². The molecule has 0 heterocycles. The summed E-state index contributed by atoms with van der Waals surface area (Å²) in [4.78, 5) is -0.172. The van der Waals surface area contributed by atoms with Crippen LogP contribution in [0.5, 0.6) is 0 Å². The molecule has 0 radical (unpaired) electrons. The second-order valence-corrected chi connectivity index (χ2v) is 5.85. The van der Waals surface area contributed by atoms with E-state index in [0.717, 1.165) is 5.56 Å². The van der Waals surface area contributed by atoms with Crippen molar-refractivity contribution in [2.75, 3.05) is 0 Å². The van der Waals surface area contributed by atoms with E-state index >= 15 is 0 Å². The van der Waals surface area contributed by atoms with Gasteiger partial charge in [-0.2, -0.15) is 18.6 Å². The fourth-order valence-electron chi connectivity index (χ4n) is 1.47. The zero-order chi connectivity index (χ0) is 14.6. The van der Waals surface area contributed by atoms with Crippen LogP contribution < -0.4 is 0 Å². The average Bonchev–Trinajstić information content (AvgIpc) is 2.41. The Morgan fingerprint density at radius 3 is 2.15 bits per heavy atom. The number of halogens is 1. The predicted molar refractivity (Wildman–Crippen MR) is 75.9 cm³/mol. The zero-order valence-corrected chi connectivity index (χ0v) is 11.8. The van der Waals surface area contributed by atoms with Crippen molar-refractivity contribution in [3.05, 3.63) is 59.1 Å². The lowest BCUT2D eigenvalue weighted by Gasteiger charge is -1.98. The number of benzene rings is 2. The van der Waals surface area contributed by atoms with Gasteiger partial charge >= 0.3 is 0 Å². The highest BCUT2D eigenvalue weighted by atomic mass is 35.5. The summed E-state index contributed by atoms with van der Waals surface area (Å²) in [6.07, 6.45) is 0. The summed E-state index contributed by atoms with van der Waals surface area (Å²) in [6.45, 7) is 0.400. The standard InChI is InChI=1S/C13H11ClN2O3S/c14-11-3-1-10(2-4-11)9-15-16-12-5-7-13(8-6-12)20(17,18)19/h1-8H,9H2,(H,17,18,19). The van der Waals surface area contributed by atoms with Crippen molar-refractivity contribution >= 4 is 27.4 Å². The van der Waals surface area contributed by atoms with Crippen LogP contribution in [0.2, 0.25) is 5.02 Å². The van der Waals surface area contributed by atoms with Gasteiger partial charge in [0, 0.05) is 5.02 Å². The summed E-state index contributed by atoms with van der Waals surface area (Å²) < 4.78 is 30.6. The van der Waals surface area contributed by atoms with Crippen molar-refractivity contribution in [3.63, 3.8) is 0 Å². The van der Waals surface area contributed by atoms with Crippen molar-refractivity contribution < 1.29 is 13.0 Å². The van der Waals surface area contributed by atoms with Crippen LogP contribution in [0, 0.1) is 0 Å². The molecule has 0 aromatic heterocycles. The molecule has 5 nitrogen and oxygen atoms in total. The van der Waals surface area contributed by atoms with Gasteiger partial charge in [-0.05, 0) is 42.0 Å². The number of hydrogen-bond donors (Lipinski definition) is 1. The zero-order valence-electron chi connectivity index (χ0n) is 10.3. The van der Waals surface area contributed by atoms with Gasteiger partial charge in [0.1, 0.15) is 0 Å². The van der Waals surface area contributed by atoms with Crippen LogP contribution in [0.1, 0.15) is 5.56 Å². The van der Waals surface area contributed by atoms with Gasteiger partial charge in [-0.15, -0.1) is 0 Å². The van der Waals surface area contributed by atoms with Crippen LogP contribution in [-0.2, 0) is 16.7 Å². The van der Waals surface area contributed by atoms with Gasteiger partial charge in [-0.1, -0.05) is 23.7 Å². The Labute approximate surface area is 121 Å². The molecule has 0 fully saturated rings. The molecule has 0 atom stereocenters. The fraction of sp³-hybridized carbons (Fsp3) is 0.0769. The SMILES string of the molecule is O=S(=O)(O)c1ccc(N=NCc2ccc(Cl)cc2)cc1. The molecule has 20 heavy (non-hydrogen) atoms. The summed E-state index contributed by atoms with van der Waals surface area (Å²) in [5.41, 5.74) is 1.47. The van der Waals surface area contributed by atoms with Crippen molar-refractivity contribution in [1.82, 2.24) is 0 Å². The van der Waals surface area contributed by atoms with E-state index in [-0.39, 0.29) is 4.90 Å². The van der Waals surface area contributed by atoms with Gasteiger partial charge in [0.15, 0.2) is 0 Å². The lowest BCUT2D eigenvalue weighted by atomic mass is 10.2. The van der Waals surface area contributed by atoms with Crippen molar-refractivity contribution in [2.45, 2.75) is 11.4 Å². The fourth-order valence-corrected chi connectivity index (χ4v) is 2.08. The predicted octanol–water partition coefficient (Wildman–Crippen LogP) is 3.87. The molecule has 0 unspecified atom stereocenters. The minimum absolute atomic E-state index is 0.172. The number of azo groups is 1. The third-order valence-electron chi connectivity index (χ3n) is 2.49. The Bertz CT molecular complexity index is 710. The van der Waals surface area contributed by atoms with Gasteiger partial charge in [-0.3, -0.25) is 4.55 Å². The molecule has 0 spiro atoms. The normalized spacial score (nSPS) is 11.9. The topological polar surface area (TPSA) is 79.1 Å². The molecule has 0 bridgehead atoms. The van der Waals surface area contributed by atoms with Gasteiger partial charge in [-0.25, -0.2) is 0 Å². The minimum Gasteiger partial charge on any atom is -0.282 e. The molecule has 2 rings (SSSR count). The highest BCUT2D eigenvalue weighted by Gasteiger charge is 2.07. The van der Waals surface area contributed by atoms with E-state index in [9.17, 15) is 8.42 Å². The summed E-state index contributed by atoms with van der Waals surface area (Å²) in [5.74, 6) is 0. The molecular weight excluding hydrogens is 300 g/mol. The Hall–Kier alpha value is -1.76. The first-order valence-electron chi connectivity index (χ1n) is 5.65.